The predicted octanol–water partition coefficient (Wildman–Crippen LogP) is 2.60. The van der Waals surface area contributed by atoms with E-state index in [1.807, 2.05) is 29.2 Å². The number of carbonyl (C=O) groups excluding carboxylic acids is 1. The van der Waals surface area contributed by atoms with Gasteiger partial charge in [0.05, 0.1) is 12.3 Å². The molecule has 0 aliphatic carbocycles. The second-order valence-corrected chi connectivity index (χ2v) is 3.97. The van der Waals surface area contributed by atoms with Crippen LogP contribution in [-0.4, -0.2) is 19.1 Å². The molecule has 1 aliphatic heterocycles. The molecule has 0 saturated carbocycles. The molecule has 1 saturated heterocycles. The maximum atomic E-state index is 11.7. The van der Waals surface area contributed by atoms with Crippen molar-refractivity contribution in [2.45, 2.75) is 26.2 Å². The first-order valence-electron chi connectivity index (χ1n) is 5.85. The van der Waals surface area contributed by atoms with E-state index in [-0.39, 0.29) is 5.91 Å². The fraction of sp³-hybridized carbons (Fsp3) is 0.462. The van der Waals surface area contributed by atoms with E-state index in [1.165, 1.54) is 0 Å². The Kier molecular flexibility index (Phi) is 3.44. The molecule has 0 radical (unpaired) electrons. The lowest BCUT2D eigenvalue weighted by Gasteiger charge is -2.19. The van der Waals surface area contributed by atoms with Crippen LogP contribution < -0.4 is 9.64 Å². The Labute approximate surface area is 96.0 Å². The van der Waals surface area contributed by atoms with Gasteiger partial charge in [0.1, 0.15) is 5.75 Å². The topological polar surface area (TPSA) is 29.5 Å². The molecule has 0 spiro atoms. The van der Waals surface area contributed by atoms with E-state index < -0.39 is 0 Å². The van der Waals surface area contributed by atoms with Crippen LogP contribution in [0.5, 0.6) is 5.75 Å². The van der Waals surface area contributed by atoms with E-state index in [0.29, 0.717) is 13.0 Å². The van der Waals surface area contributed by atoms with Gasteiger partial charge < -0.3 is 9.64 Å². The summed E-state index contributed by atoms with van der Waals surface area (Å²) in [5, 5.41) is 0. The van der Waals surface area contributed by atoms with Gasteiger partial charge in [-0.25, -0.2) is 0 Å². The minimum atomic E-state index is 0.201. The Hall–Kier alpha value is -1.51. The maximum Gasteiger partial charge on any atom is 0.227 e. The summed E-state index contributed by atoms with van der Waals surface area (Å²) in [6, 6.07) is 7.76. The Bertz CT molecular complexity index is 376. The summed E-state index contributed by atoms with van der Waals surface area (Å²) in [6.07, 6.45) is 2.57. The molecule has 0 N–H and O–H groups in total. The van der Waals surface area contributed by atoms with Crippen molar-refractivity contribution in [2.24, 2.45) is 0 Å². The highest BCUT2D eigenvalue weighted by Gasteiger charge is 2.23. The van der Waals surface area contributed by atoms with Crippen LogP contribution in [-0.2, 0) is 4.79 Å². The van der Waals surface area contributed by atoms with Gasteiger partial charge in [-0.1, -0.05) is 19.1 Å². The monoisotopic (exact) mass is 219 g/mol. The smallest absolute Gasteiger partial charge is 0.227 e. The molecule has 3 heteroatoms. The van der Waals surface area contributed by atoms with E-state index in [4.69, 9.17) is 4.74 Å². The predicted molar refractivity (Wildman–Crippen MR) is 63.8 cm³/mol. The average molecular weight is 219 g/mol. The molecule has 2 rings (SSSR count). The fourth-order valence-electron chi connectivity index (χ4n) is 1.92. The molecule has 86 valence electrons. The van der Waals surface area contributed by atoms with Gasteiger partial charge in [-0.15, -0.1) is 0 Å². The van der Waals surface area contributed by atoms with Crippen LogP contribution in [0.4, 0.5) is 5.69 Å². The Morgan fingerprint density at radius 2 is 2.19 bits per heavy atom. The molecule has 0 aromatic heterocycles. The van der Waals surface area contributed by atoms with Gasteiger partial charge in [-0.3, -0.25) is 4.79 Å². The van der Waals surface area contributed by atoms with Gasteiger partial charge in [0.25, 0.3) is 0 Å². The number of amides is 1. The fourth-order valence-corrected chi connectivity index (χ4v) is 1.92. The van der Waals surface area contributed by atoms with Crippen molar-refractivity contribution in [1.82, 2.24) is 0 Å². The third-order valence-corrected chi connectivity index (χ3v) is 2.69. The SMILES string of the molecule is CCCOc1ccccc1N1CCCC1=O. The van der Waals surface area contributed by atoms with Gasteiger partial charge in [0.15, 0.2) is 0 Å². The second-order valence-electron chi connectivity index (χ2n) is 3.97. The normalized spacial score (nSPS) is 15.6. The lowest BCUT2D eigenvalue weighted by atomic mass is 10.2. The molecule has 1 aliphatic rings. The highest BCUT2D eigenvalue weighted by Crippen LogP contribution is 2.31. The zero-order chi connectivity index (χ0) is 11.4. The number of rotatable bonds is 4. The first-order chi connectivity index (χ1) is 7.83. The minimum absolute atomic E-state index is 0.201. The van der Waals surface area contributed by atoms with Crippen molar-refractivity contribution < 1.29 is 9.53 Å². The molecule has 1 aromatic rings. The van der Waals surface area contributed by atoms with E-state index in [2.05, 4.69) is 6.92 Å². The lowest BCUT2D eigenvalue weighted by Crippen LogP contribution is -2.24. The Morgan fingerprint density at radius 3 is 2.88 bits per heavy atom. The number of hydrogen-bond donors (Lipinski definition) is 0. The first kappa shape index (κ1) is 11.0. The zero-order valence-corrected chi connectivity index (χ0v) is 9.61. The van der Waals surface area contributed by atoms with Gasteiger partial charge in [-0.05, 0) is 25.0 Å². The third kappa shape index (κ3) is 2.18. The number of ether oxygens (including phenoxy) is 1. The largest absolute Gasteiger partial charge is 0.491 e. The molecule has 1 fully saturated rings. The van der Waals surface area contributed by atoms with Crippen molar-refractivity contribution >= 4 is 11.6 Å². The standard InChI is InChI=1S/C13H17NO2/c1-2-10-16-12-7-4-3-6-11(12)14-9-5-8-13(14)15/h3-4,6-7H,2,5,8-10H2,1H3. The molecule has 0 bridgehead atoms. The molecular weight excluding hydrogens is 202 g/mol. The van der Waals surface area contributed by atoms with Crippen LogP contribution >= 0.6 is 0 Å². The summed E-state index contributed by atoms with van der Waals surface area (Å²) in [7, 11) is 0. The molecule has 1 amide bonds. The van der Waals surface area contributed by atoms with E-state index >= 15 is 0 Å². The number of para-hydroxylation sites is 2. The summed E-state index contributed by atoms with van der Waals surface area (Å²) >= 11 is 0. The van der Waals surface area contributed by atoms with Crippen molar-refractivity contribution in [2.75, 3.05) is 18.1 Å². The molecule has 0 atom stereocenters. The summed E-state index contributed by atoms with van der Waals surface area (Å²) in [6.45, 7) is 3.58. The highest BCUT2D eigenvalue weighted by molar-refractivity contribution is 5.96. The molecular formula is C13H17NO2. The Balaban J connectivity index is 2.21. The molecule has 0 unspecified atom stereocenters. The lowest BCUT2D eigenvalue weighted by molar-refractivity contribution is -0.117. The van der Waals surface area contributed by atoms with Crippen LogP contribution in [0.25, 0.3) is 0 Å². The second kappa shape index (κ2) is 5.01. The van der Waals surface area contributed by atoms with Gasteiger partial charge in [0.2, 0.25) is 5.91 Å². The number of hydrogen-bond acceptors (Lipinski definition) is 2. The van der Waals surface area contributed by atoms with Crippen molar-refractivity contribution in [3.8, 4) is 5.75 Å². The van der Waals surface area contributed by atoms with Crippen LogP contribution in [0.2, 0.25) is 0 Å². The van der Waals surface area contributed by atoms with E-state index in [1.54, 1.807) is 0 Å². The molecule has 16 heavy (non-hydrogen) atoms. The minimum Gasteiger partial charge on any atom is -0.491 e. The molecule has 1 heterocycles. The maximum absolute atomic E-state index is 11.7. The number of carbonyl (C=O) groups is 1. The van der Waals surface area contributed by atoms with Crippen molar-refractivity contribution in [1.29, 1.82) is 0 Å². The third-order valence-electron chi connectivity index (χ3n) is 2.69. The number of benzene rings is 1. The van der Waals surface area contributed by atoms with E-state index in [9.17, 15) is 4.79 Å². The zero-order valence-electron chi connectivity index (χ0n) is 9.61. The first-order valence-corrected chi connectivity index (χ1v) is 5.85. The number of anilines is 1. The van der Waals surface area contributed by atoms with Crippen LogP contribution in [0.3, 0.4) is 0 Å². The van der Waals surface area contributed by atoms with Crippen molar-refractivity contribution in [3.05, 3.63) is 24.3 Å². The summed E-state index contributed by atoms with van der Waals surface area (Å²) in [5.41, 5.74) is 0.915. The average Bonchev–Trinajstić information content (AvgIpc) is 2.73. The molecule has 1 aromatic carbocycles. The van der Waals surface area contributed by atoms with Gasteiger partial charge in [0, 0.05) is 13.0 Å². The van der Waals surface area contributed by atoms with Crippen molar-refractivity contribution in [3.63, 3.8) is 0 Å². The summed E-state index contributed by atoms with van der Waals surface area (Å²) in [5.74, 6) is 1.02. The summed E-state index contributed by atoms with van der Waals surface area (Å²) < 4.78 is 5.65. The molecule has 3 nitrogen and oxygen atoms in total. The van der Waals surface area contributed by atoms with Crippen LogP contribution in [0.1, 0.15) is 26.2 Å². The van der Waals surface area contributed by atoms with Crippen LogP contribution in [0.15, 0.2) is 24.3 Å². The Morgan fingerprint density at radius 1 is 1.38 bits per heavy atom. The van der Waals surface area contributed by atoms with Gasteiger partial charge >= 0.3 is 0 Å². The quantitative estimate of drug-likeness (QED) is 0.779. The number of nitrogens with zero attached hydrogens (tertiary/aromatic N) is 1. The van der Waals surface area contributed by atoms with Gasteiger partial charge in [-0.2, -0.15) is 0 Å². The summed E-state index contributed by atoms with van der Waals surface area (Å²) in [4.78, 5) is 13.5. The van der Waals surface area contributed by atoms with E-state index in [0.717, 1.165) is 30.8 Å². The van der Waals surface area contributed by atoms with Crippen LogP contribution in [0, 0.1) is 0 Å². The highest BCUT2D eigenvalue weighted by atomic mass is 16.5.